The van der Waals surface area contributed by atoms with Crippen molar-refractivity contribution in [3.63, 3.8) is 0 Å². The minimum atomic E-state index is -1.01. The Balaban J connectivity index is 1.82. The van der Waals surface area contributed by atoms with Gasteiger partial charge >= 0.3 is 6.03 Å². The Hall–Kier alpha value is -2.74. The summed E-state index contributed by atoms with van der Waals surface area (Å²) in [6.45, 7) is 6.74. The molecule has 2 atom stereocenters. The lowest BCUT2D eigenvalue weighted by Gasteiger charge is -2.25. The molecule has 2 aromatic rings. The minimum Gasteiger partial charge on any atom is -0.346 e. The largest absolute Gasteiger partial charge is 0.346 e. The number of aromatic nitrogens is 1. The molecular weight excluding hydrogens is 376 g/mol. The number of aryl methyl sites for hydroxylation is 1. The molecule has 2 aromatic heterocycles. The van der Waals surface area contributed by atoms with Crippen LogP contribution in [0.4, 0.5) is 4.79 Å². The third-order valence-corrected chi connectivity index (χ3v) is 5.61. The summed E-state index contributed by atoms with van der Waals surface area (Å²) in [6.07, 6.45) is 2.27. The van der Waals surface area contributed by atoms with Gasteiger partial charge in [0.2, 0.25) is 5.91 Å². The predicted octanol–water partition coefficient (Wildman–Crippen LogP) is 2.57. The molecule has 1 saturated heterocycles. The Morgan fingerprint density at radius 3 is 2.68 bits per heavy atom. The number of pyridine rings is 1. The molecule has 1 aliphatic rings. The Kier molecular flexibility index (Phi) is 5.51. The van der Waals surface area contributed by atoms with Gasteiger partial charge in [0.1, 0.15) is 11.6 Å². The summed E-state index contributed by atoms with van der Waals surface area (Å²) in [5, 5.41) is 9.60. The quantitative estimate of drug-likeness (QED) is 0.729. The molecule has 3 rings (SSSR count). The molecule has 0 spiro atoms. The molecule has 1 fully saturated rings. The highest BCUT2D eigenvalue weighted by Gasteiger charge is 2.48. The maximum atomic E-state index is 12.9. The predicted molar refractivity (Wildman–Crippen MR) is 107 cm³/mol. The van der Waals surface area contributed by atoms with E-state index >= 15 is 0 Å². The number of carbonyl (C=O) groups excluding carboxylic acids is 3. The fourth-order valence-corrected chi connectivity index (χ4v) is 3.94. The second kappa shape index (κ2) is 7.71. The van der Waals surface area contributed by atoms with Crippen LogP contribution in [0.25, 0.3) is 0 Å². The fraction of sp³-hybridized carbons (Fsp3) is 0.400. The van der Waals surface area contributed by atoms with Crippen molar-refractivity contribution in [2.75, 3.05) is 0 Å². The van der Waals surface area contributed by atoms with Gasteiger partial charge in [0.05, 0.1) is 11.7 Å². The molecule has 7 nitrogen and oxygen atoms in total. The summed E-state index contributed by atoms with van der Waals surface area (Å²) >= 11 is 1.59. The van der Waals surface area contributed by atoms with Crippen molar-refractivity contribution >= 4 is 29.2 Å². The summed E-state index contributed by atoms with van der Waals surface area (Å²) in [4.78, 5) is 43.1. The van der Waals surface area contributed by atoms with Crippen LogP contribution < -0.4 is 10.6 Å². The van der Waals surface area contributed by atoms with E-state index in [9.17, 15) is 14.4 Å². The first kappa shape index (κ1) is 20.0. The maximum Gasteiger partial charge on any atom is 0.325 e. The first-order chi connectivity index (χ1) is 13.2. The molecule has 3 heterocycles. The molecule has 0 aromatic carbocycles. The van der Waals surface area contributed by atoms with E-state index in [2.05, 4.69) is 15.6 Å². The number of amides is 4. The average molecular weight is 401 g/mol. The summed E-state index contributed by atoms with van der Waals surface area (Å²) in [7, 11) is 0. The van der Waals surface area contributed by atoms with Crippen LogP contribution in [-0.4, -0.2) is 39.3 Å². The highest BCUT2D eigenvalue weighted by Crippen LogP contribution is 2.23. The van der Waals surface area contributed by atoms with Gasteiger partial charge in [-0.05, 0) is 68.1 Å². The van der Waals surface area contributed by atoms with Crippen molar-refractivity contribution in [1.82, 2.24) is 20.5 Å². The topological polar surface area (TPSA) is 91.4 Å². The molecule has 148 valence electrons. The molecule has 0 aliphatic carbocycles. The fourth-order valence-electron chi connectivity index (χ4n) is 3.26. The van der Waals surface area contributed by atoms with Crippen LogP contribution in [0.5, 0.6) is 0 Å². The summed E-state index contributed by atoms with van der Waals surface area (Å²) in [6, 6.07) is 3.95. The molecule has 2 N–H and O–H groups in total. The van der Waals surface area contributed by atoms with Crippen molar-refractivity contribution < 1.29 is 14.4 Å². The number of hydrogen-bond acceptors (Lipinski definition) is 5. The van der Waals surface area contributed by atoms with Gasteiger partial charge in [-0.1, -0.05) is 6.07 Å². The highest BCUT2D eigenvalue weighted by molar-refractivity contribution is 7.07. The number of urea groups is 1. The Morgan fingerprint density at radius 2 is 2.11 bits per heavy atom. The van der Waals surface area contributed by atoms with Gasteiger partial charge in [0.25, 0.3) is 5.91 Å². The molecule has 0 radical (unpaired) electrons. The van der Waals surface area contributed by atoms with Crippen LogP contribution in [-0.2, 0) is 16.0 Å². The van der Waals surface area contributed by atoms with Gasteiger partial charge < -0.3 is 10.6 Å². The average Bonchev–Trinajstić information content (AvgIpc) is 3.20. The van der Waals surface area contributed by atoms with Gasteiger partial charge in [0.15, 0.2) is 0 Å². The second-order valence-electron chi connectivity index (χ2n) is 7.51. The van der Waals surface area contributed by atoms with E-state index in [0.717, 1.165) is 21.7 Å². The molecule has 4 amide bonds. The molecule has 0 bridgehead atoms. The summed E-state index contributed by atoms with van der Waals surface area (Å²) in [5.74, 6) is -0.810. The summed E-state index contributed by atoms with van der Waals surface area (Å²) in [5.41, 5.74) is 1.81. The van der Waals surface area contributed by atoms with E-state index in [0.29, 0.717) is 6.42 Å². The van der Waals surface area contributed by atoms with E-state index in [4.69, 9.17) is 0 Å². The lowest BCUT2D eigenvalue weighted by molar-refractivity contribution is -0.137. The molecule has 0 saturated carbocycles. The van der Waals surface area contributed by atoms with Gasteiger partial charge in [-0.3, -0.25) is 14.6 Å². The van der Waals surface area contributed by atoms with Crippen LogP contribution >= 0.6 is 11.3 Å². The van der Waals surface area contributed by atoms with Crippen molar-refractivity contribution in [3.8, 4) is 0 Å². The third kappa shape index (κ3) is 3.91. The van der Waals surface area contributed by atoms with Gasteiger partial charge in [0, 0.05) is 6.20 Å². The van der Waals surface area contributed by atoms with E-state index in [-0.39, 0.29) is 6.04 Å². The summed E-state index contributed by atoms with van der Waals surface area (Å²) < 4.78 is 0. The number of carbonyl (C=O) groups is 3. The maximum absolute atomic E-state index is 12.9. The standard InChI is InChI=1S/C20H24N4O3S/c1-12-6-5-8-21-16(12)15(10-14-7-9-28-11-14)22-17(25)13(2)24-18(26)20(3,4)23-19(24)27/h5-9,11,13,15H,10H2,1-4H3,(H,22,25)(H,23,27)/t13-,15+/m1/s1. The second-order valence-corrected chi connectivity index (χ2v) is 8.29. The van der Waals surface area contributed by atoms with E-state index in [1.165, 1.54) is 0 Å². The van der Waals surface area contributed by atoms with Crippen LogP contribution in [0.3, 0.4) is 0 Å². The van der Waals surface area contributed by atoms with E-state index < -0.39 is 29.4 Å². The number of nitrogens with zero attached hydrogens (tertiary/aromatic N) is 2. The zero-order valence-electron chi connectivity index (χ0n) is 16.4. The molecule has 0 unspecified atom stereocenters. The van der Waals surface area contributed by atoms with E-state index in [1.807, 2.05) is 35.9 Å². The normalized spacial score (nSPS) is 17.9. The number of rotatable bonds is 6. The van der Waals surface area contributed by atoms with Crippen molar-refractivity contribution in [2.24, 2.45) is 0 Å². The third-order valence-electron chi connectivity index (χ3n) is 4.87. The first-order valence-corrected chi connectivity index (χ1v) is 10.0. The van der Waals surface area contributed by atoms with Crippen molar-refractivity contribution in [2.45, 2.75) is 51.7 Å². The molecular formula is C20H24N4O3S. The zero-order chi connectivity index (χ0) is 20.5. The lowest BCUT2D eigenvalue weighted by atomic mass is 10.0. The smallest absolute Gasteiger partial charge is 0.325 e. The van der Waals surface area contributed by atoms with Gasteiger partial charge in [-0.25, -0.2) is 9.69 Å². The molecule has 28 heavy (non-hydrogen) atoms. The SMILES string of the molecule is Cc1cccnc1[C@H](Cc1ccsc1)NC(=O)[C@@H](C)N1C(=O)NC(C)(C)C1=O. The van der Waals surface area contributed by atoms with Crippen molar-refractivity contribution in [3.05, 3.63) is 52.0 Å². The first-order valence-electron chi connectivity index (χ1n) is 9.09. The van der Waals surface area contributed by atoms with Crippen LogP contribution in [0, 0.1) is 6.92 Å². The number of hydrogen-bond donors (Lipinski definition) is 2. The van der Waals surface area contributed by atoms with Gasteiger partial charge in [-0.2, -0.15) is 11.3 Å². The molecule has 1 aliphatic heterocycles. The van der Waals surface area contributed by atoms with Crippen LogP contribution in [0.15, 0.2) is 35.2 Å². The van der Waals surface area contributed by atoms with E-state index in [1.54, 1.807) is 38.3 Å². The Bertz CT molecular complexity index is 895. The number of thiophene rings is 1. The Morgan fingerprint density at radius 1 is 1.36 bits per heavy atom. The number of nitrogens with one attached hydrogen (secondary N) is 2. The van der Waals surface area contributed by atoms with Gasteiger partial charge in [-0.15, -0.1) is 0 Å². The van der Waals surface area contributed by atoms with Crippen LogP contribution in [0.2, 0.25) is 0 Å². The lowest BCUT2D eigenvalue weighted by Crippen LogP contribution is -2.50. The van der Waals surface area contributed by atoms with Crippen molar-refractivity contribution in [1.29, 1.82) is 0 Å². The highest BCUT2D eigenvalue weighted by atomic mass is 32.1. The monoisotopic (exact) mass is 400 g/mol. The minimum absolute atomic E-state index is 0.362. The zero-order valence-corrected chi connectivity index (χ0v) is 17.2. The molecule has 8 heteroatoms. The van der Waals surface area contributed by atoms with Crippen LogP contribution in [0.1, 0.15) is 43.6 Å². The Labute approximate surface area is 168 Å². The number of imide groups is 1.